The Kier molecular flexibility index (Phi) is 6.66. The van der Waals surface area contributed by atoms with E-state index >= 15 is 0 Å². The van der Waals surface area contributed by atoms with Crippen LogP contribution in [0.3, 0.4) is 0 Å². The van der Waals surface area contributed by atoms with E-state index in [0.29, 0.717) is 48.0 Å². The summed E-state index contributed by atoms with van der Waals surface area (Å²) in [5, 5.41) is 19.1. The maximum atomic E-state index is 13.5. The van der Waals surface area contributed by atoms with Gasteiger partial charge in [-0.05, 0) is 47.9 Å². The van der Waals surface area contributed by atoms with Gasteiger partial charge in [0.15, 0.2) is 5.82 Å². The molecule has 3 aromatic heterocycles. The number of nitriles is 1. The zero-order chi connectivity index (χ0) is 23.0. The van der Waals surface area contributed by atoms with Gasteiger partial charge in [-0.3, -0.25) is 14.9 Å². The Labute approximate surface area is 189 Å². The van der Waals surface area contributed by atoms with Crippen LogP contribution in [0.25, 0.3) is 11.3 Å². The zero-order valence-corrected chi connectivity index (χ0v) is 17.6. The first kappa shape index (κ1) is 21.6. The van der Waals surface area contributed by atoms with Gasteiger partial charge in [-0.15, -0.1) is 0 Å². The van der Waals surface area contributed by atoms with Crippen molar-refractivity contribution in [3.05, 3.63) is 89.8 Å². The molecule has 0 bridgehead atoms. The van der Waals surface area contributed by atoms with Crippen LogP contribution in [0.2, 0.25) is 0 Å². The number of carbonyl (C=O) groups excluding carboxylic acids is 1. The van der Waals surface area contributed by atoms with Crippen molar-refractivity contribution < 1.29 is 9.18 Å². The van der Waals surface area contributed by atoms with Gasteiger partial charge in [-0.1, -0.05) is 18.2 Å². The lowest BCUT2D eigenvalue weighted by atomic mass is 10.1. The van der Waals surface area contributed by atoms with Crippen molar-refractivity contribution >= 4 is 17.9 Å². The van der Waals surface area contributed by atoms with E-state index in [9.17, 15) is 14.4 Å². The molecule has 9 heteroatoms. The molecule has 4 aromatic rings. The van der Waals surface area contributed by atoms with E-state index in [1.165, 1.54) is 23.2 Å². The first-order valence-electron chi connectivity index (χ1n) is 10.2. The summed E-state index contributed by atoms with van der Waals surface area (Å²) in [5.41, 5.74) is 3.65. The summed E-state index contributed by atoms with van der Waals surface area (Å²) in [5.74, 6) is 0.172. The molecule has 2 N–H and O–H groups in total. The molecule has 8 nitrogen and oxygen atoms in total. The fourth-order valence-electron chi connectivity index (χ4n) is 3.41. The number of nitrogens with zero attached hydrogens (tertiary/aromatic N) is 5. The summed E-state index contributed by atoms with van der Waals surface area (Å²) in [6, 6.07) is 15.6. The molecule has 1 aromatic carbocycles. The van der Waals surface area contributed by atoms with Gasteiger partial charge < -0.3 is 10.2 Å². The predicted molar refractivity (Wildman–Crippen MR) is 122 cm³/mol. The van der Waals surface area contributed by atoms with Crippen molar-refractivity contribution in [2.24, 2.45) is 0 Å². The number of amides is 1. The lowest BCUT2D eigenvalue weighted by molar-refractivity contribution is -0.107. The molecule has 0 aliphatic rings. The number of halogens is 1. The average molecular weight is 441 g/mol. The number of H-pyrrole nitrogens is 1. The van der Waals surface area contributed by atoms with E-state index in [0.717, 1.165) is 17.5 Å². The highest BCUT2D eigenvalue weighted by molar-refractivity contribution is 5.83. The molecule has 1 amide bonds. The maximum absolute atomic E-state index is 13.5. The summed E-state index contributed by atoms with van der Waals surface area (Å²) >= 11 is 0. The fraction of sp³-hybridized carbons (Fsp3) is 0.125. The first-order chi connectivity index (χ1) is 16.2. The van der Waals surface area contributed by atoms with Gasteiger partial charge in [0.2, 0.25) is 6.41 Å². The van der Waals surface area contributed by atoms with E-state index in [1.807, 2.05) is 12.1 Å². The minimum absolute atomic E-state index is 0.291. The molecule has 0 saturated heterocycles. The van der Waals surface area contributed by atoms with Gasteiger partial charge in [-0.25, -0.2) is 9.37 Å². The molecular weight excluding hydrogens is 421 g/mol. The molecule has 4 rings (SSSR count). The molecular formula is C24H20FN7O. The van der Waals surface area contributed by atoms with Crippen molar-refractivity contribution in [1.82, 2.24) is 20.2 Å². The topological polar surface area (TPSA) is 111 Å². The molecule has 3 heterocycles. The predicted octanol–water partition coefficient (Wildman–Crippen LogP) is 3.70. The van der Waals surface area contributed by atoms with Crippen LogP contribution in [0, 0.1) is 17.1 Å². The second-order valence-electron chi connectivity index (χ2n) is 7.24. The normalized spacial score (nSPS) is 10.4. The first-order valence-corrected chi connectivity index (χ1v) is 10.2. The summed E-state index contributed by atoms with van der Waals surface area (Å²) in [6.07, 6.45) is 6.19. The Bertz CT molecular complexity index is 1280. The van der Waals surface area contributed by atoms with Gasteiger partial charge in [0, 0.05) is 18.9 Å². The Morgan fingerprint density at radius 3 is 2.79 bits per heavy atom. The van der Waals surface area contributed by atoms with E-state index in [4.69, 9.17) is 0 Å². The van der Waals surface area contributed by atoms with Gasteiger partial charge in [0.25, 0.3) is 0 Å². The van der Waals surface area contributed by atoms with Crippen LogP contribution < -0.4 is 10.2 Å². The monoisotopic (exact) mass is 441 g/mol. The van der Waals surface area contributed by atoms with Crippen molar-refractivity contribution in [3.63, 3.8) is 0 Å². The van der Waals surface area contributed by atoms with Crippen LogP contribution in [0.4, 0.5) is 15.9 Å². The van der Waals surface area contributed by atoms with Crippen molar-refractivity contribution in [2.75, 3.05) is 16.8 Å². The Hall–Kier alpha value is -4.58. The molecule has 0 saturated carbocycles. The molecule has 0 atom stereocenters. The number of hydrogen-bond acceptors (Lipinski definition) is 6. The number of nitrogens with one attached hydrogen (secondary N) is 2. The Morgan fingerprint density at radius 1 is 1.15 bits per heavy atom. The summed E-state index contributed by atoms with van der Waals surface area (Å²) < 4.78 is 13.5. The van der Waals surface area contributed by atoms with Crippen LogP contribution in [0.1, 0.15) is 16.8 Å². The van der Waals surface area contributed by atoms with Gasteiger partial charge in [0.05, 0.1) is 29.7 Å². The summed E-state index contributed by atoms with van der Waals surface area (Å²) in [4.78, 5) is 22.3. The van der Waals surface area contributed by atoms with Gasteiger partial charge >= 0.3 is 0 Å². The average Bonchev–Trinajstić information content (AvgIpc) is 3.32. The summed E-state index contributed by atoms with van der Waals surface area (Å²) in [6.45, 7) is 0.773. The minimum atomic E-state index is -0.291. The SMILES string of the molecule is N#Cc1[nH]ncc1-c1ccc(N(C=O)Cc2cccnc2)c(NCCc2cccc(F)c2)n1. The van der Waals surface area contributed by atoms with Crippen LogP contribution in [-0.2, 0) is 17.8 Å². The third-order valence-corrected chi connectivity index (χ3v) is 5.01. The highest BCUT2D eigenvalue weighted by atomic mass is 19.1. The lowest BCUT2D eigenvalue weighted by Gasteiger charge is -2.21. The third kappa shape index (κ3) is 5.19. The third-order valence-electron chi connectivity index (χ3n) is 5.01. The molecule has 0 fully saturated rings. The van der Waals surface area contributed by atoms with Gasteiger partial charge in [0.1, 0.15) is 17.6 Å². The molecule has 33 heavy (non-hydrogen) atoms. The minimum Gasteiger partial charge on any atom is -0.368 e. The molecule has 0 aliphatic carbocycles. The number of benzene rings is 1. The maximum Gasteiger partial charge on any atom is 0.214 e. The van der Waals surface area contributed by atoms with Crippen LogP contribution in [0.5, 0.6) is 0 Å². The number of pyridine rings is 2. The standard InChI is InChI=1S/C24H20FN7O/c25-19-5-1-3-17(11-19)8-10-28-24-23(32(16-33)15-18-4-2-9-27-13-18)7-6-21(30-24)20-14-29-31-22(20)12-26/h1-7,9,11,13-14,16H,8,10,15H2,(H,28,30)(H,29,31). The number of aromatic amines is 1. The molecule has 0 radical (unpaired) electrons. The van der Waals surface area contributed by atoms with E-state index in [-0.39, 0.29) is 5.82 Å². The van der Waals surface area contributed by atoms with Crippen LogP contribution >= 0.6 is 0 Å². The van der Waals surface area contributed by atoms with Crippen molar-refractivity contribution in [2.45, 2.75) is 13.0 Å². The van der Waals surface area contributed by atoms with Crippen molar-refractivity contribution in [1.29, 1.82) is 5.26 Å². The quantitative estimate of drug-likeness (QED) is 0.383. The number of anilines is 2. The smallest absolute Gasteiger partial charge is 0.214 e. The number of hydrogen-bond donors (Lipinski definition) is 2. The highest BCUT2D eigenvalue weighted by Crippen LogP contribution is 2.29. The Balaban J connectivity index is 1.64. The molecule has 0 spiro atoms. The van der Waals surface area contributed by atoms with E-state index < -0.39 is 0 Å². The number of rotatable bonds is 9. The Morgan fingerprint density at radius 2 is 2.03 bits per heavy atom. The van der Waals surface area contributed by atoms with Gasteiger partial charge in [-0.2, -0.15) is 10.4 Å². The molecule has 0 aliphatic heterocycles. The number of carbonyl (C=O) groups is 1. The second-order valence-corrected chi connectivity index (χ2v) is 7.24. The van der Waals surface area contributed by atoms with E-state index in [2.05, 4.69) is 31.6 Å². The van der Waals surface area contributed by atoms with Crippen LogP contribution in [0.15, 0.2) is 67.1 Å². The fourth-order valence-corrected chi connectivity index (χ4v) is 3.41. The number of aromatic nitrogens is 4. The van der Waals surface area contributed by atoms with Crippen molar-refractivity contribution in [3.8, 4) is 17.3 Å². The second kappa shape index (κ2) is 10.2. The van der Waals surface area contributed by atoms with Crippen LogP contribution in [-0.4, -0.2) is 33.1 Å². The summed E-state index contributed by atoms with van der Waals surface area (Å²) in [7, 11) is 0. The highest BCUT2D eigenvalue weighted by Gasteiger charge is 2.16. The lowest BCUT2D eigenvalue weighted by Crippen LogP contribution is -2.23. The van der Waals surface area contributed by atoms with E-state index in [1.54, 1.807) is 36.7 Å². The molecule has 0 unspecified atom stereocenters. The zero-order valence-electron chi connectivity index (χ0n) is 17.6. The molecule has 164 valence electrons. The largest absolute Gasteiger partial charge is 0.368 e.